The molecule has 0 bridgehead atoms. The molecule has 0 aliphatic heterocycles. The van der Waals surface area contributed by atoms with Crippen molar-refractivity contribution in [2.75, 3.05) is 0 Å². The summed E-state index contributed by atoms with van der Waals surface area (Å²) in [6.07, 6.45) is 7.01. The lowest BCUT2D eigenvalue weighted by molar-refractivity contribution is 0.303. The molecule has 0 amide bonds. The summed E-state index contributed by atoms with van der Waals surface area (Å²) in [7, 11) is -3.43. The second-order valence-corrected chi connectivity index (χ2v) is 9.28. The average molecular weight is 338 g/mol. The minimum absolute atomic E-state index is 0.00654. The summed E-state index contributed by atoms with van der Waals surface area (Å²) in [5.74, 6) is 0.469. The van der Waals surface area contributed by atoms with E-state index in [1.807, 2.05) is 19.1 Å². The van der Waals surface area contributed by atoms with E-state index in [2.05, 4.69) is 25.5 Å². The van der Waals surface area contributed by atoms with Crippen LogP contribution in [0.1, 0.15) is 71.8 Å². The Morgan fingerprint density at radius 1 is 1.13 bits per heavy atom. The smallest absolute Gasteiger partial charge is 0.208 e. The monoisotopic (exact) mass is 337 g/mol. The summed E-state index contributed by atoms with van der Waals surface area (Å²) in [4.78, 5) is 0.371. The fraction of sp³-hybridized carbons (Fsp3) is 0.684. The third-order valence-corrected chi connectivity index (χ3v) is 7.10. The van der Waals surface area contributed by atoms with Gasteiger partial charge in [-0.15, -0.1) is 0 Å². The highest BCUT2D eigenvalue weighted by Gasteiger charge is 2.25. The SMILES string of the molecule is CCC(C)(C)c1ccc(S(=O)(=O)NC(C)C2CCCCC2)cc1. The van der Waals surface area contributed by atoms with Crippen LogP contribution in [0.4, 0.5) is 0 Å². The number of hydrogen-bond acceptors (Lipinski definition) is 2. The summed E-state index contributed by atoms with van der Waals surface area (Å²) in [6.45, 7) is 8.51. The molecule has 0 heterocycles. The first kappa shape index (κ1) is 18.5. The Morgan fingerprint density at radius 2 is 1.70 bits per heavy atom. The number of hydrogen-bond donors (Lipinski definition) is 1. The Morgan fingerprint density at radius 3 is 2.22 bits per heavy atom. The Bertz CT molecular complexity index is 599. The lowest BCUT2D eigenvalue weighted by Crippen LogP contribution is -2.38. The van der Waals surface area contributed by atoms with Crippen LogP contribution in [0, 0.1) is 5.92 Å². The molecule has 0 spiro atoms. The van der Waals surface area contributed by atoms with Crippen molar-refractivity contribution in [3.05, 3.63) is 29.8 Å². The van der Waals surface area contributed by atoms with Crippen LogP contribution in [-0.4, -0.2) is 14.5 Å². The van der Waals surface area contributed by atoms with E-state index in [0.29, 0.717) is 10.8 Å². The fourth-order valence-corrected chi connectivity index (χ4v) is 4.64. The zero-order chi connectivity index (χ0) is 17.1. The summed E-state index contributed by atoms with van der Waals surface area (Å²) >= 11 is 0. The van der Waals surface area contributed by atoms with E-state index in [4.69, 9.17) is 0 Å². The van der Waals surface area contributed by atoms with Crippen LogP contribution in [0.2, 0.25) is 0 Å². The van der Waals surface area contributed by atoms with Crippen molar-refractivity contribution in [1.29, 1.82) is 0 Å². The molecule has 4 heteroatoms. The van der Waals surface area contributed by atoms with E-state index < -0.39 is 10.0 Å². The molecule has 1 unspecified atom stereocenters. The highest BCUT2D eigenvalue weighted by molar-refractivity contribution is 7.89. The normalized spacial score (nSPS) is 18.8. The van der Waals surface area contributed by atoms with Crippen LogP contribution in [0.5, 0.6) is 0 Å². The molecule has 0 saturated heterocycles. The first-order valence-electron chi connectivity index (χ1n) is 8.89. The maximum Gasteiger partial charge on any atom is 0.240 e. The summed E-state index contributed by atoms with van der Waals surface area (Å²) in [5, 5.41) is 0. The van der Waals surface area contributed by atoms with Crippen molar-refractivity contribution in [1.82, 2.24) is 4.72 Å². The molecule has 1 atom stereocenters. The van der Waals surface area contributed by atoms with Gasteiger partial charge in [0.1, 0.15) is 0 Å². The second-order valence-electron chi connectivity index (χ2n) is 7.57. The maximum atomic E-state index is 12.6. The van der Waals surface area contributed by atoms with E-state index in [1.54, 1.807) is 12.1 Å². The van der Waals surface area contributed by atoms with Crippen molar-refractivity contribution in [3.8, 4) is 0 Å². The summed E-state index contributed by atoms with van der Waals surface area (Å²) < 4.78 is 28.1. The molecule has 1 aromatic rings. The van der Waals surface area contributed by atoms with Crippen molar-refractivity contribution >= 4 is 10.0 Å². The van der Waals surface area contributed by atoms with Crippen molar-refractivity contribution in [3.63, 3.8) is 0 Å². The lowest BCUT2D eigenvalue weighted by atomic mass is 9.82. The molecular weight excluding hydrogens is 306 g/mol. The molecule has 1 saturated carbocycles. The molecule has 3 nitrogen and oxygen atoms in total. The van der Waals surface area contributed by atoms with Gasteiger partial charge in [0.05, 0.1) is 4.90 Å². The van der Waals surface area contributed by atoms with Gasteiger partial charge in [0.2, 0.25) is 10.0 Å². The third kappa shape index (κ3) is 4.57. The molecule has 1 aromatic carbocycles. The number of rotatable bonds is 6. The predicted octanol–water partition coefficient (Wildman–Crippen LogP) is 4.62. The minimum atomic E-state index is -3.43. The molecule has 0 aromatic heterocycles. The van der Waals surface area contributed by atoms with Crippen LogP contribution < -0.4 is 4.72 Å². The van der Waals surface area contributed by atoms with Crippen molar-refractivity contribution in [2.24, 2.45) is 5.92 Å². The first-order chi connectivity index (χ1) is 10.8. The molecule has 1 aliphatic rings. The van der Waals surface area contributed by atoms with Gasteiger partial charge in [0.25, 0.3) is 0 Å². The van der Waals surface area contributed by atoms with E-state index >= 15 is 0 Å². The highest BCUT2D eigenvalue weighted by atomic mass is 32.2. The summed E-state index contributed by atoms with van der Waals surface area (Å²) in [5.41, 5.74) is 1.25. The largest absolute Gasteiger partial charge is 0.240 e. The summed E-state index contributed by atoms with van der Waals surface area (Å²) in [6, 6.07) is 7.38. The van der Waals surface area contributed by atoms with Gasteiger partial charge in [-0.25, -0.2) is 13.1 Å². The van der Waals surface area contributed by atoms with Gasteiger partial charge in [0.15, 0.2) is 0 Å². The molecule has 1 N–H and O–H groups in total. The van der Waals surface area contributed by atoms with Crippen LogP contribution in [0.3, 0.4) is 0 Å². The molecule has 1 fully saturated rings. The van der Waals surface area contributed by atoms with Gasteiger partial charge < -0.3 is 0 Å². The highest BCUT2D eigenvalue weighted by Crippen LogP contribution is 2.29. The number of sulfonamides is 1. The quantitative estimate of drug-likeness (QED) is 0.823. The van der Waals surface area contributed by atoms with Crippen molar-refractivity contribution < 1.29 is 8.42 Å². The number of benzene rings is 1. The van der Waals surface area contributed by atoms with Gasteiger partial charge in [-0.05, 0) is 55.2 Å². The van der Waals surface area contributed by atoms with E-state index in [1.165, 1.54) is 24.8 Å². The lowest BCUT2D eigenvalue weighted by Gasteiger charge is -2.28. The maximum absolute atomic E-state index is 12.6. The van der Waals surface area contributed by atoms with E-state index in [9.17, 15) is 8.42 Å². The number of nitrogens with one attached hydrogen (secondary N) is 1. The minimum Gasteiger partial charge on any atom is -0.208 e. The third-order valence-electron chi connectivity index (χ3n) is 5.53. The molecule has 23 heavy (non-hydrogen) atoms. The topological polar surface area (TPSA) is 46.2 Å². The Hall–Kier alpha value is -0.870. The second kappa shape index (κ2) is 7.35. The van der Waals surface area contributed by atoms with Gasteiger partial charge in [-0.2, -0.15) is 0 Å². The zero-order valence-corrected chi connectivity index (χ0v) is 15.7. The van der Waals surface area contributed by atoms with E-state index in [-0.39, 0.29) is 11.5 Å². The predicted molar refractivity (Wildman–Crippen MR) is 96.1 cm³/mol. The van der Waals surface area contributed by atoms with Crippen LogP contribution in [0.25, 0.3) is 0 Å². The molecule has 1 aliphatic carbocycles. The zero-order valence-electron chi connectivity index (χ0n) is 14.9. The van der Waals surface area contributed by atoms with E-state index in [0.717, 1.165) is 19.3 Å². The van der Waals surface area contributed by atoms with Crippen LogP contribution in [-0.2, 0) is 15.4 Å². The van der Waals surface area contributed by atoms with Crippen molar-refractivity contribution in [2.45, 2.75) is 82.6 Å². The van der Waals surface area contributed by atoms with Crippen LogP contribution in [0.15, 0.2) is 29.2 Å². The Labute approximate surface area is 141 Å². The fourth-order valence-electron chi connectivity index (χ4n) is 3.33. The van der Waals surface area contributed by atoms with Gasteiger partial charge in [0, 0.05) is 6.04 Å². The van der Waals surface area contributed by atoms with Crippen LogP contribution >= 0.6 is 0 Å². The van der Waals surface area contributed by atoms with Gasteiger partial charge >= 0.3 is 0 Å². The van der Waals surface area contributed by atoms with Gasteiger partial charge in [-0.3, -0.25) is 0 Å². The molecule has 0 radical (unpaired) electrons. The molecule has 130 valence electrons. The molecule has 2 rings (SSSR count). The average Bonchev–Trinajstić information content (AvgIpc) is 2.55. The standard InChI is InChI=1S/C19H31NO2S/c1-5-19(3,4)17-11-13-18(14-12-17)23(21,22)20-15(2)16-9-7-6-8-10-16/h11-16,20H,5-10H2,1-4H3. The Balaban J connectivity index is 2.10. The Kier molecular flexibility index (Phi) is 5.90. The molecular formula is C19H31NO2S. The first-order valence-corrected chi connectivity index (χ1v) is 10.4. The van der Waals surface area contributed by atoms with Gasteiger partial charge in [-0.1, -0.05) is 52.2 Å².